The highest BCUT2D eigenvalue weighted by Crippen LogP contribution is 2.28. The van der Waals surface area contributed by atoms with Crippen LogP contribution in [0.1, 0.15) is 19.8 Å². The van der Waals surface area contributed by atoms with E-state index in [4.69, 9.17) is 4.74 Å². The van der Waals surface area contributed by atoms with Crippen molar-refractivity contribution in [3.05, 3.63) is 28.7 Å². The zero-order chi connectivity index (χ0) is 15.5. The van der Waals surface area contributed by atoms with E-state index in [1.54, 1.807) is 31.2 Å². The molecule has 0 saturated carbocycles. The summed E-state index contributed by atoms with van der Waals surface area (Å²) in [5.74, 6) is -0.694. The number of piperidine rings is 1. The molecule has 0 spiro atoms. The summed E-state index contributed by atoms with van der Waals surface area (Å²) in [5.41, 5.74) is 0. The van der Waals surface area contributed by atoms with Gasteiger partial charge in [-0.05, 0) is 47.8 Å². The molecular weight excluding hydrogens is 358 g/mol. The summed E-state index contributed by atoms with van der Waals surface area (Å²) < 4.78 is 32.3. The standard InChI is InChI=1S/C14H18BrNO4S/c1-2-20-14(17)11-6-5-9-16(10-11)21(18,19)13-8-4-3-7-12(13)15/h3-4,7-8,11H,2,5-6,9-10H2,1H3. The van der Waals surface area contributed by atoms with Gasteiger partial charge in [0.05, 0.1) is 17.4 Å². The van der Waals surface area contributed by atoms with Gasteiger partial charge in [-0.25, -0.2) is 8.42 Å². The van der Waals surface area contributed by atoms with Crippen LogP contribution in [0.2, 0.25) is 0 Å². The summed E-state index contributed by atoms with van der Waals surface area (Å²) in [4.78, 5) is 12.1. The van der Waals surface area contributed by atoms with Gasteiger partial charge in [0.1, 0.15) is 0 Å². The van der Waals surface area contributed by atoms with Gasteiger partial charge >= 0.3 is 5.97 Å². The molecule has 1 saturated heterocycles. The van der Waals surface area contributed by atoms with Crippen molar-refractivity contribution in [3.8, 4) is 0 Å². The molecule has 1 aromatic rings. The first-order chi connectivity index (χ1) is 9.96. The summed E-state index contributed by atoms with van der Waals surface area (Å²) in [5, 5.41) is 0. The van der Waals surface area contributed by atoms with Crippen LogP contribution in [0, 0.1) is 5.92 Å². The molecule has 1 aliphatic rings. The van der Waals surface area contributed by atoms with Crippen molar-refractivity contribution >= 4 is 31.9 Å². The van der Waals surface area contributed by atoms with Crippen LogP contribution in [-0.4, -0.2) is 38.4 Å². The molecule has 2 rings (SSSR count). The number of sulfonamides is 1. The number of halogens is 1. The third-order valence-electron chi connectivity index (χ3n) is 3.46. The van der Waals surface area contributed by atoms with E-state index in [0.29, 0.717) is 30.5 Å². The summed E-state index contributed by atoms with van der Waals surface area (Å²) in [6.45, 7) is 2.67. The monoisotopic (exact) mass is 375 g/mol. The van der Waals surface area contributed by atoms with Crippen molar-refractivity contribution < 1.29 is 17.9 Å². The lowest BCUT2D eigenvalue weighted by molar-refractivity contribution is -0.149. The molecule has 1 aliphatic heterocycles. The highest BCUT2D eigenvalue weighted by molar-refractivity contribution is 9.10. The Morgan fingerprint density at radius 1 is 1.43 bits per heavy atom. The number of carbonyl (C=O) groups is 1. The Hall–Kier alpha value is -0.920. The van der Waals surface area contributed by atoms with Crippen LogP contribution >= 0.6 is 15.9 Å². The number of hydrogen-bond acceptors (Lipinski definition) is 4. The Labute approximate surface area is 133 Å². The summed E-state index contributed by atoms with van der Waals surface area (Å²) in [6, 6.07) is 6.71. The fraction of sp³-hybridized carbons (Fsp3) is 0.500. The highest BCUT2D eigenvalue weighted by Gasteiger charge is 2.34. The molecule has 5 nitrogen and oxygen atoms in total. The molecule has 1 unspecified atom stereocenters. The van der Waals surface area contributed by atoms with Gasteiger partial charge in [0, 0.05) is 17.6 Å². The van der Waals surface area contributed by atoms with Gasteiger partial charge in [-0.2, -0.15) is 4.31 Å². The van der Waals surface area contributed by atoms with E-state index in [-0.39, 0.29) is 23.3 Å². The van der Waals surface area contributed by atoms with Gasteiger partial charge in [0.2, 0.25) is 10.0 Å². The molecule has 0 aliphatic carbocycles. The molecule has 0 aromatic heterocycles. The fourth-order valence-electron chi connectivity index (χ4n) is 2.41. The van der Waals surface area contributed by atoms with E-state index in [1.807, 2.05) is 0 Å². The van der Waals surface area contributed by atoms with Crippen LogP contribution in [0.15, 0.2) is 33.6 Å². The smallest absolute Gasteiger partial charge is 0.310 e. The summed E-state index contributed by atoms with van der Waals surface area (Å²) in [6.07, 6.45) is 1.33. The average Bonchev–Trinajstić information content (AvgIpc) is 2.48. The zero-order valence-corrected chi connectivity index (χ0v) is 14.2. The van der Waals surface area contributed by atoms with Gasteiger partial charge < -0.3 is 4.74 Å². The average molecular weight is 376 g/mol. The van der Waals surface area contributed by atoms with Gasteiger partial charge in [0.15, 0.2) is 0 Å². The van der Waals surface area contributed by atoms with E-state index in [2.05, 4.69) is 15.9 Å². The van der Waals surface area contributed by atoms with Gasteiger partial charge in [-0.3, -0.25) is 4.79 Å². The third-order valence-corrected chi connectivity index (χ3v) is 6.34. The van der Waals surface area contributed by atoms with Crippen molar-refractivity contribution in [2.24, 2.45) is 5.92 Å². The predicted molar refractivity (Wildman–Crippen MR) is 82.3 cm³/mol. The van der Waals surface area contributed by atoms with Crippen LogP contribution in [0.5, 0.6) is 0 Å². The van der Waals surface area contributed by atoms with Crippen molar-refractivity contribution in [3.63, 3.8) is 0 Å². The number of rotatable bonds is 4. The lowest BCUT2D eigenvalue weighted by atomic mass is 10.0. The highest BCUT2D eigenvalue weighted by atomic mass is 79.9. The molecule has 1 aromatic carbocycles. The maximum atomic E-state index is 12.7. The van der Waals surface area contributed by atoms with Gasteiger partial charge in [0.25, 0.3) is 0 Å². The maximum absolute atomic E-state index is 12.7. The Kier molecular flexibility index (Phi) is 5.40. The minimum atomic E-state index is -3.60. The van der Waals surface area contributed by atoms with Crippen LogP contribution in [-0.2, 0) is 19.6 Å². The summed E-state index contributed by atoms with van der Waals surface area (Å²) in [7, 11) is -3.60. The van der Waals surface area contributed by atoms with Crippen molar-refractivity contribution in [2.75, 3.05) is 19.7 Å². The van der Waals surface area contributed by atoms with Crippen molar-refractivity contribution in [2.45, 2.75) is 24.7 Å². The molecule has 1 atom stereocenters. The van der Waals surface area contributed by atoms with Crippen LogP contribution < -0.4 is 0 Å². The first-order valence-corrected chi connectivity index (χ1v) is 9.11. The van der Waals surface area contributed by atoms with Gasteiger partial charge in [-0.1, -0.05) is 12.1 Å². The molecule has 116 valence electrons. The second-order valence-electron chi connectivity index (χ2n) is 4.88. The topological polar surface area (TPSA) is 63.7 Å². The zero-order valence-electron chi connectivity index (χ0n) is 11.8. The molecule has 0 N–H and O–H groups in total. The molecule has 21 heavy (non-hydrogen) atoms. The Morgan fingerprint density at radius 2 is 2.14 bits per heavy atom. The molecule has 0 amide bonds. The largest absolute Gasteiger partial charge is 0.466 e. The molecular formula is C14H18BrNO4S. The second kappa shape index (κ2) is 6.89. The first-order valence-electron chi connectivity index (χ1n) is 6.88. The van der Waals surface area contributed by atoms with Crippen LogP contribution in [0.25, 0.3) is 0 Å². The van der Waals surface area contributed by atoms with E-state index < -0.39 is 10.0 Å². The number of benzene rings is 1. The minimum absolute atomic E-state index is 0.183. The third kappa shape index (κ3) is 3.64. The molecule has 0 bridgehead atoms. The maximum Gasteiger partial charge on any atom is 0.310 e. The molecule has 1 fully saturated rings. The number of esters is 1. The Bertz CT molecular complexity index is 617. The predicted octanol–water partition coefficient (Wildman–Crippen LogP) is 2.41. The van der Waals surface area contributed by atoms with E-state index in [1.165, 1.54) is 4.31 Å². The normalized spacial score (nSPS) is 20.2. The number of hydrogen-bond donors (Lipinski definition) is 0. The summed E-state index contributed by atoms with van der Waals surface area (Å²) >= 11 is 3.27. The van der Waals surface area contributed by atoms with Gasteiger partial charge in [-0.15, -0.1) is 0 Å². The van der Waals surface area contributed by atoms with E-state index >= 15 is 0 Å². The lowest BCUT2D eigenvalue weighted by Gasteiger charge is -2.30. The number of nitrogens with zero attached hydrogens (tertiary/aromatic N) is 1. The van der Waals surface area contributed by atoms with Crippen LogP contribution in [0.3, 0.4) is 0 Å². The second-order valence-corrected chi connectivity index (χ2v) is 7.65. The Balaban J connectivity index is 2.21. The van der Waals surface area contributed by atoms with E-state index in [9.17, 15) is 13.2 Å². The van der Waals surface area contributed by atoms with Crippen molar-refractivity contribution in [1.82, 2.24) is 4.31 Å². The van der Waals surface area contributed by atoms with Crippen molar-refractivity contribution in [1.29, 1.82) is 0 Å². The quantitative estimate of drug-likeness (QED) is 0.758. The fourth-order valence-corrected chi connectivity index (χ4v) is 4.89. The Morgan fingerprint density at radius 3 is 2.81 bits per heavy atom. The van der Waals surface area contributed by atoms with E-state index in [0.717, 1.165) is 0 Å². The molecule has 1 heterocycles. The van der Waals surface area contributed by atoms with Crippen LogP contribution in [0.4, 0.5) is 0 Å². The first kappa shape index (κ1) is 16.5. The number of ether oxygens (including phenoxy) is 1. The minimum Gasteiger partial charge on any atom is -0.466 e. The SMILES string of the molecule is CCOC(=O)C1CCCN(S(=O)(=O)c2ccccc2Br)C1. The number of carbonyl (C=O) groups excluding carboxylic acids is 1. The molecule has 0 radical (unpaired) electrons. The molecule has 7 heteroatoms. The lowest BCUT2D eigenvalue weighted by Crippen LogP contribution is -2.42.